The summed E-state index contributed by atoms with van der Waals surface area (Å²) in [5, 5.41) is 9.76. The van der Waals surface area contributed by atoms with Crippen LogP contribution < -0.4 is 0 Å². The van der Waals surface area contributed by atoms with Crippen LogP contribution in [0.25, 0.3) is 0 Å². The van der Waals surface area contributed by atoms with Crippen LogP contribution in [0.3, 0.4) is 0 Å². The minimum Gasteiger partial charge on any atom is -0.387 e. The molecule has 0 aromatic heterocycles. The molecule has 0 amide bonds. The maximum Gasteiger partial charge on any atom is 0.190 e. The van der Waals surface area contributed by atoms with Crippen molar-refractivity contribution < 1.29 is 19.3 Å². The molecule has 0 aliphatic carbocycles. The lowest BCUT2D eigenvalue weighted by molar-refractivity contribution is -0.211. The van der Waals surface area contributed by atoms with Gasteiger partial charge in [0.05, 0.1) is 6.10 Å². The zero-order chi connectivity index (χ0) is 9.64. The molecular weight excluding hydrogens is 287 g/mol. The second-order valence-electron chi connectivity index (χ2n) is 3.79. The van der Waals surface area contributed by atoms with Gasteiger partial charge in [0.15, 0.2) is 12.1 Å². The Labute approximate surface area is 90.7 Å². The minimum atomic E-state index is -0.632. The van der Waals surface area contributed by atoms with Gasteiger partial charge in [-0.25, -0.2) is 0 Å². The van der Waals surface area contributed by atoms with Gasteiger partial charge in [0, 0.05) is 4.43 Å². The average Bonchev–Trinajstić information content (AvgIpc) is 2.47. The third-order valence-corrected chi connectivity index (χ3v) is 3.13. The Morgan fingerprint density at radius 3 is 2.62 bits per heavy atom. The van der Waals surface area contributed by atoms with E-state index in [1.807, 2.05) is 13.8 Å². The summed E-state index contributed by atoms with van der Waals surface area (Å²) in [6.07, 6.45) is -1.45. The highest BCUT2D eigenvalue weighted by atomic mass is 127. The molecule has 0 saturated carbocycles. The predicted octanol–water partition coefficient (Wildman–Crippen LogP) is 0.659. The SMILES string of the molecule is CC1(C)O[C@H]2O[C@H](CI)[C@H](O)[C@H]2O1. The van der Waals surface area contributed by atoms with E-state index in [0.29, 0.717) is 0 Å². The lowest BCUT2D eigenvalue weighted by Crippen LogP contribution is -2.35. The number of aliphatic hydroxyl groups excluding tert-OH is 1. The number of hydrogen-bond donors (Lipinski definition) is 1. The molecule has 76 valence electrons. The van der Waals surface area contributed by atoms with E-state index in [0.717, 1.165) is 4.43 Å². The van der Waals surface area contributed by atoms with Crippen LogP contribution in [0.1, 0.15) is 13.8 Å². The van der Waals surface area contributed by atoms with Gasteiger partial charge in [-0.05, 0) is 13.8 Å². The van der Waals surface area contributed by atoms with E-state index in [4.69, 9.17) is 14.2 Å². The first kappa shape index (κ1) is 10.1. The highest BCUT2D eigenvalue weighted by Gasteiger charge is 2.53. The smallest absolute Gasteiger partial charge is 0.190 e. The van der Waals surface area contributed by atoms with Crippen LogP contribution in [0.15, 0.2) is 0 Å². The Morgan fingerprint density at radius 2 is 2.08 bits per heavy atom. The first-order valence-electron chi connectivity index (χ1n) is 4.28. The van der Waals surface area contributed by atoms with Crippen LogP contribution in [-0.2, 0) is 14.2 Å². The molecular formula is C8H13IO4. The van der Waals surface area contributed by atoms with Gasteiger partial charge in [-0.3, -0.25) is 0 Å². The van der Waals surface area contributed by atoms with Crippen LogP contribution in [-0.4, -0.2) is 39.9 Å². The van der Waals surface area contributed by atoms with Crippen molar-refractivity contribution in [3.8, 4) is 0 Å². The van der Waals surface area contributed by atoms with Crippen LogP contribution in [0.2, 0.25) is 0 Å². The number of ether oxygens (including phenoxy) is 3. The molecule has 0 bridgehead atoms. The van der Waals surface area contributed by atoms with Gasteiger partial charge in [0.25, 0.3) is 0 Å². The maximum absolute atomic E-state index is 9.76. The molecule has 13 heavy (non-hydrogen) atoms. The monoisotopic (exact) mass is 300 g/mol. The zero-order valence-electron chi connectivity index (χ0n) is 7.57. The van der Waals surface area contributed by atoms with E-state index in [9.17, 15) is 5.11 Å². The van der Waals surface area contributed by atoms with E-state index in [1.54, 1.807) is 0 Å². The van der Waals surface area contributed by atoms with Crippen LogP contribution in [0, 0.1) is 0 Å². The Bertz CT molecular complexity index is 208. The lowest BCUT2D eigenvalue weighted by atomic mass is 10.2. The summed E-state index contributed by atoms with van der Waals surface area (Å²) in [7, 11) is 0. The summed E-state index contributed by atoms with van der Waals surface area (Å²) in [6, 6.07) is 0. The third kappa shape index (κ3) is 1.72. The maximum atomic E-state index is 9.76. The molecule has 0 unspecified atom stereocenters. The third-order valence-electron chi connectivity index (χ3n) is 2.27. The average molecular weight is 300 g/mol. The Balaban J connectivity index is 2.07. The van der Waals surface area contributed by atoms with E-state index in [1.165, 1.54) is 0 Å². The standard InChI is InChI=1S/C8H13IO4/c1-8(2)12-6-5(10)4(3-9)11-7(6)13-8/h4-7,10H,3H2,1-2H3/t4-,5+,6-,7-/m1/s1. The normalized spacial score (nSPS) is 48.0. The molecule has 2 aliphatic heterocycles. The molecule has 2 heterocycles. The Morgan fingerprint density at radius 1 is 1.38 bits per heavy atom. The van der Waals surface area contributed by atoms with Gasteiger partial charge in [0.2, 0.25) is 0 Å². The van der Waals surface area contributed by atoms with Gasteiger partial charge >= 0.3 is 0 Å². The number of halogens is 1. The fraction of sp³-hybridized carbons (Fsp3) is 1.00. The van der Waals surface area contributed by atoms with Crippen molar-refractivity contribution in [2.75, 3.05) is 4.43 Å². The van der Waals surface area contributed by atoms with Gasteiger partial charge in [-0.2, -0.15) is 0 Å². The predicted molar refractivity (Wildman–Crippen MR) is 53.6 cm³/mol. The second kappa shape index (κ2) is 3.30. The second-order valence-corrected chi connectivity index (χ2v) is 4.67. The number of hydrogen-bond acceptors (Lipinski definition) is 4. The van der Waals surface area contributed by atoms with Crippen molar-refractivity contribution in [3.05, 3.63) is 0 Å². The number of fused-ring (bicyclic) bond motifs is 1. The highest BCUT2D eigenvalue weighted by molar-refractivity contribution is 14.1. The lowest BCUT2D eigenvalue weighted by Gasteiger charge is -2.21. The summed E-state index contributed by atoms with van der Waals surface area (Å²) in [6.45, 7) is 3.64. The summed E-state index contributed by atoms with van der Waals surface area (Å²) in [5.74, 6) is -0.632. The van der Waals surface area contributed by atoms with Gasteiger partial charge in [-0.15, -0.1) is 0 Å². The largest absolute Gasteiger partial charge is 0.387 e. The fourth-order valence-electron chi connectivity index (χ4n) is 1.69. The van der Waals surface area contributed by atoms with Gasteiger partial charge in [0.1, 0.15) is 12.2 Å². The molecule has 4 nitrogen and oxygen atoms in total. The fourth-order valence-corrected chi connectivity index (χ4v) is 2.41. The van der Waals surface area contributed by atoms with Crippen molar-refractivity contribution in [2.45, 2.75) is 44.2 Å². The first-order valence-corrected chi connectivity index (χ1v) is 5.81. The number of alkyl halides is 1. The molecule has 2 fully saturated rings. The van der Waals surface area contributed by atoms with Crippen molar-refractivity contribution in [1.29, 1.82) is 0 Å². The molecule has 0 radical (unpaired) electrons. The van der Waals surface area contributed by atoms with E-state index in [-0.39, 0.29) is 12.2 Å². The Hall–Kier alpha value is 0.570. The molecule has 5 heteroatoms. The number of rotatable bonds is 1. The van der Waals surface area contributed by atoms with E-state index >= 15 is 0 Å². The first-order chi connectivity index (χ1) is 6.03. The van der Waals surface area contributed by atoms with Crippen molar-refractivity contribution in [1.82, 2.24) is 0 Å². The van der Waals surface area contributed by atoms with Gasteiger partial charge in [-0.1, -0.05) is 22.6 Å². The minimum absolute atomic E-state index is 0.160. The summed E-state index contributed by atoms with van der Waals surface area (Å²) in [4.78, 5) is 0. The van der Waals surface area contributed by atoms with Crippen LogP contribution in [0.5, 0.6) is 0 Å². The molecule has 2 saturated heterocycles. The van der Waals surface area contributed by atoms with Crippen molar-refractivity contribution in [3.63, 3.8) is 0 Å². The molecule has 4 atom stereocenters. The quantitative estimate of drug-likeness (QED) is 0.571. The molecule has 2 rings (SSSR count). The van der Waals surface area contributed by atoms with E-state index in [2.05, 4.69) is 22.6 Å². The zero-order valence-corrected chi connectivity index (χ0v) is 9.72. The number of aliphatic hydroxyl groups is 1. The van der Waals surface area contributed by atoms with Crippen molar-refractivity contribution in [2.24, 2.45) is 0 Å². The van der Waals surface area contributed by atoms with Crippen molar-refractivity contribution >= 4 is 22.6 Å². The molecule has 0 aromatic rings. The van der Waals surface area contributed by atoms with Gasteiger partial charge < -0.3 is 19.3 Å². The van der Waals surface area contributed by atoms with E-state index < -0.39 is 18.2 Å². The summed E-state index contributed by atoms with van der Waals surface area (Å²) < 4.78 is 17.2. The summed E-state index contributed by atoms with van der Waals surface area (Å²) in [5.41, 5.74) is 0. The summed E-state index contributed by atoms with van der Waals surface area (Å²) >= 11 is 2.18. The topological polar surface area (TPSA) is 47.9 Å². The molecule has 0 spiro atoms. The molecule has 2 aliphatic rings. The highest BCUT2D eigenvalue weighted by Crippen LogP contribution is 2.37. The molecule has 0 aromatic carbocycles. The van der Waals surface area contributed by atoms with Crippen LogP contribution in [0.4, 0.5) is 0 Å². The Kier molecular flexibility index (Phi) is 2.57. The van der Waals surface area contributed by atoms with Crippen LogP contribution >= 0.6 is 22.6 Å². The molecule has 1 N–H and O–H groups in total.